The van der Waals surface area contributed by atoms with Crippen LogP contribution < -0.4 is 0 Å². The fourth-order valence-corrected chi connectivity index (χ4v) is 2.01. The van der Waals surface area contributed by atoms with Crippen LogP contribution in [0.3, 0.4) is 0 Å². The van der Waals surface area contributed by atoms with Gasteiger partial charge >= 0.3 is 0 Å². The van der Waals surface area contributed by atoms with Crippen molar-refractivity contribution in [3.63, 3.8) is 0 Å². The van der Waals surface area contributed by atoms with Crippen LogP contribution in [0, 0.1) is 0 Å². The van der Waals surface area contributed by atoms with E-state index in [0.717, 1.165) is 15.6 Å². The van der Waals surface area contributed by atoms with Crippen LogP contribution in [0.15, 0.2) is 15.9 Å². The maximum atomic E-state index is 10.0. The van der Waals surface area contributed by atoms with Gasteiger partial charge < -0.3 is 4.79 Å². The first-order valence-electron chi connectivity index (χ1n) is 2.50. The topological polar surface area (TPSA) is 17.1 Å². The van der Waals surface area contributed by atoms with Crippen LogP contribution in [-0.4, -0.2) is 6.29 Å². The maximum Gasteiger partial charge on any atom is 0.125 e. The number of halogens is 1. The summed E-state index contributed by atoms with van der Waals surface area (Å²) in [5.41, 5.74) is 0. The van der Waals surface area contributed by atoms with Gasteiger partial charge in [-0.15, -0.1) is 11.3 Å². The summed E-state index contributed by atoms with van der Waals surface area (Å²) in [5, 5.41) is 1.96. The van der Waals surface area contributed by atoms with Gasteiger partial charge in [0.15, 0.2) is 0 Å². The van der Waals surface area contributed by atoms with Crippen molar-refractivity contribution >= 4 is 33.6 Å². The molecule has 1 aromatic heterocycles. The molecule has 1 nitrogen and oxygen atoms in total. The standard InChI is InChI=1S/C6H5BrOS/c7-5-2-4-9-6(5)1-3-8/h2-4H,1H2. The predicted octanol–water partition coefficient (Wildman–Crippen LogP) is 2.25. The van der Waals surface area contributed by atoms with E-state index in [9.17, 15) is 4.79 Å². The number of hydrogen-bond donors (Lipinski definition) is 0. The third-order valence-electron chi connectivity index (χ3n) is 0.960. The number of thiophene rings is 1. The molecule has 0 bridgehead atoms. The molecule has 0 saturated carbocycles. The molecule has 1 aromatic rings. The van der Waals surface area contributed by atoms with E-state index in [4.69, 9.17) is 0 Å². The summed E-state index contributed by atoms with van der Waals surface area (Å²) in [6.07, 6.45) is 1.44. The Morgan fingerprint density at radius 2 is 2.56 bits per heavy atom. The third-order valence-corrected chi connectivity index (χ3v) is 2.91. The van der Waals surface area contributed by atoms with Crippen LogP contribution in [0.2, 0.25) is 0 Å². The van der Waals surface area contributed by atoms with Gasteiger partial charge in [-0.3, -0.25) is 0 Å². The van der Waals surface area contributed by atoms with Crippen LogP contribution in [0.5, 0.6) is 0 Å². The highest BCUT2D eigenvalue weighted by atomic mass is 79.9. The zero-order valence-corrected chi connectivity index (χ0v) is 7.04. The third kappa shape index (κ3) is 1.63. The van der Waals surface area contributed by atoms with Gasteiger partial charge in [-0.05, 0) is 27.4 Å². The van der Waals surface area contributed by atoms with Crippen LogP contribution in [0.25, 0.3) is 0 Å². The average Bonchev–Trinajstić information content (AvgIpc) is 2.18. The molecule has 0 amide bonds. The lowest BCUT2D eigenvalue weighted by atomic mass is 10.4. The lowest BCUT2D eigenvalue weighted by Crippen LogP contribution is -1.78. The summed E-state index contributed by atoms with van der Waals surface area (Å²) < 4.78 is 1.04. The van der Waals surface area contributed by atoms with Crippen molar-refractivity contribution in [1.29, 1.82) is 0 Å². The van der Waals surface area contributed by atoms with E-state index in [0.29, 0.717) is 6.42 Å². The maximum absolute atomic E-state index is 10.0. The molecule has 3 heteroatoms. The highest BCUT2D eigenvalue weighted by Gasteiger charge is 1.97. The molecule has 0 saturated heterocycles. The van der Waals surface area contributed by atoms with Crippen molar-refractivity contribution in [3.05, 3.63) is 20.8 Å². The SMILES string of the molecule is O=CCc1sccc1Br. The zero-order chi connectivity index (χ0) is 6.69. The molecule has 0 spiro atoms. The van der Waals surface area contributed by atoms with Crippen molar-refractivity contribution in [2.45, 2.75) is 6.42 Å². The Morgan fingerprint density at radius 1 is 1.78 bits per heavy atom. The molecule has 0 radical (unpaired) electrons. The first-order valence-corrected chi connectivity index (χ1v) is 4.17. The lowest BCUT2D eigenvalue weighted by Gasteiger charge is -1.85. The molecule has 0 aliphatic carbocycles. The van der Waals surface area contributed by atoms with E-state index < -0.39 is 0 Å². The molecule has 0 aliphatic rings. The fourth-order valence-electron chi connectivity index (χ4n) is 0.546. The first kappa shape index (κ1) is 6.96. The van der Waals surface area contributed by atoms with Crippen molar-refractivity contribution in [1.82, 2.24) is 0 Å². The Bertz CT molecular complexity index is 207. The van der Waals surface area contributed by atoms with E-state index in [1.807, 2.05) is 11.4 Å². The Labute approximate surface area is 65.8 Å². The van der Waals surface area contributed by atoms with Crippen molar-refractivity contribution < 1.29 is 4.79 Å². The largest absolute Gasteiger partial charge is 0.303 e. The minimum absolute atomic E-state index is 0.526. The molecule has 0 atom stereocenters. The summed E-state index contributed by atoms with van der Waals surface area (Å²) in [7, 11) is 0. The molecule has 48 valence electrons. The van der Waals surface area contributed by atoms with Crippen molar-refractivity contribution in [2.75, 3.05) is 0 Å². The van der Waals surface area contributed by atoms with E-state index in [2.05, 4.69) is 15.9 Å². The lowest BCUT2D eigenvalue weighted by molar-refractivity contribution is -0.107. The highest BCUT2D eigenvalue weighted by molar-refractivity contribution is 9.10. The average molecular weight is 205 g/mol. The van der Waals surface area contributed by atoms with Gasteiger partial charge in [0.05, 0.1) is 0 Å². The van der Waals surface area contributed by atoms with Crippen LogP contribution in [-0.2, 0) is 11.2 Å². The smallest absolute Gasteiger partial charge is 0.125 e. The Kier molecular flexibility index (Phi) is 2.42. The molecule has 1 heterocycles. The summed E-state index contributed by atoms with van der Waals surface area (Å²) in [6.45, 7) is 0. The number of carbonyl (C=O) groups is 1. The first-order chi connectivity index (χ1) is 4.34. The summed E-state index contributed by atoms with van der Waals surface area (Å²) >= 11 is 4.91. The van der Waals surface area contributed by atoms with Crippen molar-refractivity contribution in [3.8, 4) is 0 Å². The monoisotopic (exact) mass is 204 g/mol. The Balaban J connectivity index is 2.80. The Hall–Kier alpha value is -0.150. The molecular formula is C6H5BrOS. The quantitative estimate of drug-likeness (QED) is 0.676. The van der Waals surface area contributed by atoms with Gasteiger partial charge in [0, 0.05) is 15.8 Å². The highest BCUT2D eigenvalue weighted by Crippen LogP contribution is 2.21. The normalized spacial score (nSPS) is 9.44. The van der Waals surface area contributed by atoms with Crippen molar-refractivity contribution in [2.24, 2.45) is 0 Å². The minimum Gasteiger partial charge on any atom is -0.303 e. The Morgan fingerprint density at radius 3 is 3.00 bits per heavy atom. The zero-order valence-electron chi connectivity index (χ0n) is 4.63. The van der Waals surface area contributed by atoms with Gasteiger partial charge in [-0.1, -0.05) is 0 Å². The molecule has 9 heavy (non-hydrogen) atoms. The second-order valence-corrected chi connectivity index (χ2v) is 3.42. The van der Waals surface area contributed by atoms with E-state index in [-0.39, 0.29) is 0 Å². The summed E-state index contributed by atoms with van der Waals surface area (Å²) in [5.74, 6) is 0. The molecule has 0 fully saturated rings. The van der Waals surface area contributed by atoms with E-state index in [1.165, 1.54) is 0 Å². The van der Waals surface area contributed by atoms with Crippen LogP contribution >= 0.6 is 27.3 Å². The predicted molar refractivity (Wildman–Crippen MR) is 41.8 cm³/mol. The fraction of sp³-hybridized carbons (Fsp3) is 0.167. The molecular weight excluding hydrogens is 200 g/mol. The summed E-state index contributed by atoms with van der Waals surface area (Å²) in [4.78, 5) is 11.1. The van der Waals surface area contributed by atoms with Crippen LogP contribution in [0.4, 0.5) is 0 Å². The molecule has 0 unspecified atom stereocenters. The second kappa shape index (κ2) is 3.13. The number of rotatable bonds is 2. The number of carbonyl (C=O) groups excluding carboxylic acids is 1. The van der Waals surface area contributed by atoms with Gasteiger partial charge in [0.25, 0.3) is 0 Å². The molecule has 0 aromatic carbocycles. The number of hydrogen-bond acceptors (Lipinski definition) is 2. The number of aldehydes is 1. The summed E-state index contributed by atoms with van der Waals surface area (Å²) in [6, 6.07) is 1.95. The minimum atomic E-state index is 0.526. The van der Waals surface area contributed by atoms with Gasteiger partial charge in [-0.25, -0.2) is 0 Å². The van der Waals surface area contributed by atoms with Gasteiger partial charge in [0.1, 0.15) is 6.29 Å². The molecule has 1 rings (SSSR count). The van der Waals surface area contributed by atoms with Gasteiger partial charge in [0.2, 0.25) is 0 Å². The van der Waals surface area contributed by atoms with Gasteiger partial charge in [-0.2, -0.15) is 0 Å². The molecule has 0 aliphatic heterocycles. The molecule has 0 N–H and O–H groups in total. The van der Waals surface area contributed by atoms with E-state index in [1.54, 1.807) is 11.3 Å². The second-order valence-electron chi connectivity index (χ2n) is 1.56. The van der Waals surface area contributed by atoms with E-state index >= 15 is 0 Å². The van der Waals surface area contributed by atoms with Crippen LogP contribution in [0.1, 0.15) is 4.88 Å².